The second-order valence-corrected chi connectivity index (χ2v) is 9.10. The van der Waals surface area contributed by atoms with E-state index in [4.69, 9.17) is 17.2 Å². The molecule has 0 unspecified atom stereocenters. The Balaban J connectivity index is 4.72. The summed E-state index contributed by atoms with van der Waals surface area (Å²) in [6, 6.07) is 0. The van der Waals surface area contributed by atoms with E-state index in [2.05, 4.69) is 53.0 Å². The molecule has 194 valence electrons. The Kier molecular flexibility index (Phi) is 21.0. The number of nitrogens with one attached hydrogen (secondary N) is 2. The van der Waals surface area contributed by atoms with E-state index in [0.29, 0.717) is 6.54 Å². The molecule has 0 aliphatic heterocycles. The van der Waals surface area contributed by atoms with Crippen molar-refractivity contribution < 1.29 is 0 Å². The van der Waals surface area contributed by atoms with Crippen molar-refractivity contribution in [2.24, 2.45) is 17.2 Å². The highest BCUT2D eigenvalue weighted by molar-refractivity contribution is 4.83. The number of rotatable bonds is 24. The lowest BCUT2D eigenvalue weighted by molar-refractivity contribution is 0.177. The minimum absolute atomic E-state index is 0.0900. The lowest BCUT2D eigenvalue weighted by atomic mass is 9.94. The van der Waals surface area contributed by atoms with Gasteiger partial charge >= 0.3 is 0 Å². The van der Waals surface area contributed by atoms with Gasteiger partial charge in [-0.05, 0) is 38.8 Å². The molecule has 0 aliphatic carbocycles. The standard InChI is InChI=1S/C24H58N8/c1-5-11-28-12-17-31(16-10-26)20-22-32(21-19-30(14-6-2)15-9-25)18-13-29-23-24(27,7-3)8-4/h28-29H,5-23,25-27H2,1-4H3. The van der Waals surface area contributed by atoms with Crippen LogP contribution in [0.15, 0.2) is 0 Å². The molecule has 8 N–H and O–H groups in total. The van der Waals surface area contributed by atoms with Gasteiger partial charge in [0.2, 0.25) is 0 Å². The van der Waals surface area contributed by atoms with Gasteiger partial charge in [-0.3, -0.25) is 9.80 Å². The van der Waals surface area contributed by atoms with Crippen LogP contribution in [-0.2, 0) is 0 Å². The fraction of sp³-hybridized carbons (Fsp3) is 1.00. The Morgan fingerprint density at radius 3 is 1.47 bits per heavy atom. The maximum absolute atomic E-state index is 6.46. The van der Waals surface area contributed by atoms with Gasteiger partial charge in [0.05, 0.1) is 0 Å². The fourth-order valence-corrected chi connectivity index (χ4v) is 3.87. The normalized spacial score (nSPS) is 12.6. The summed E-state index contributed by atoms with van der Waals surface area (Å²) >= 11 is 0. The summed E-state index contributed by atoms with van der Waals surface area (Å²) in [5, 5.41) is 7.12. The number of hydrogen-bond donors (Lipinski definition) is 5. The summed E-state index contributed by atoms with van der Waals surface area (Å²) in [6.07, 6.45) is 4.36. The van der Waals surface area contributed by atoms with Crippen LogP contribution in [0.4, 0.5) is 0 Å². The second-order valence-electron chi connectivity index (χ2n) is 9.10. The number of nitrogens with two attached hydrogens (primary N) is 3. The molecule has 0 heterocycles. The number of hydrogen-bond acceptors (Lipinski definition) is 8. The first-order valence-corrected chi connectivity index (χ1v) is 13.3. The molecule has 0 saturated heterocycles. The molecule has 0 aliphatic rings. The predicted molar refractivity (Wildman–Crippen MR) is 141 cm³/mol. The largest absolute Gasteiger partial charge is 0.329 e. The Hall–Kier alpha value is -0.320. The van der Waals surface area contributed by atoms with Crippen molar-refractivity contribution in [2.75, 3.05) is 98.2 Å². The van der Waals surface area contributed by atoms with Crippen LogP contribution < -0.4 is 27.8 Å². The minimum Gasteiger partial charge on any atom is -0.329 e. The molecule has 0 aromatic carbocycles. The Bertz CT molecular complexity index is 386. The average molecular weight is 459 g/mol. The monoisotopic (exact) mass is 458 g/mol. The molecule has 0 spiro atoms. The molecule has 0 aromatic heterocycles. The van der Waals surface area contributed by atoms with Crippen molar-refractivity contribution in [3.63, 3.8) is 0 Å². The number of nitrogens with zero attached hydrogens (tertiary/aromatic N) is 3. The molecule has 0 saturated carbocycles. The maximum Gasteiger partial charge on any atom is 0.0275 e. The maximum atomic E-state index is 6.46. The quantitative estimate of drug-likeness (QED) is 0.132. The van der Waals surface area contributed by atoms with Crippen LogP contribution in [0.3, 0.4) is 0 Å². The van der Waals surface area contributed by atoms with Gasteiger partial charge in [0.25, 0.3) is 0 Å². The zero-order chi connectivity index (χ0) is 24.1. The molecule has 0 atom stereocenters. The van der Waals surface area contributed by atoms with Crippen LogP contribution >= 0.6 is 0 Å². The second kappa shape index (κ2) is 21.2. The van der Waals surface area contributed by atoms with Gasteiger partial charge in [0.15, 0.2) is 0 Å². The highest BCUT2D eigenvalue weighted by Crippen LogP contribution is 2.09. The third kappa shape index (κ3) is 16.3. The van der Waals surface area contributed by atoms with E-state index in [-0.39, 0.29) is 5.54 Å². The zero-order valence-electron chi connectivity index (χ0n) is 22.0. The van der Waals surface area contributed by atoms with Gasteiger partial charge in [0, 0.05) is 90.6 Å². The van der Waals surface area contributed by atoms with Crippen molar-refractivity contribution in [2.45, 2.75) is 58.9 Å². The molecule has 0 fully saturated rings. The smallest absolute Gasteiger partial charge is 0.0275 e. The topological polar surface area (TPSA) is 112 Å². The van der Waals surface area contributed by atoms with Gasteiger partial charge in [-0.15, -0.1) is 0 Å². The fourth-order valence-electron chi connectivity index (χ4n) is 3.87. The van der Waals surface area contributed by atoms with Gasteiger partial charge in [-0.25, -0.2) is 0 Å². The molecule has 0 rings (SSSR count). The summed E-state index contributed by atoms with van der Waals surface area (Å²) in [6.45, 7) is 23.6. The molecule has 8 nitrogen and oxygen atoms in total. The van der Waals surface area contributed by atoms with Crippen LogP contribution in [0.5, 0.6) is 0 Å². The summed E-state index contributed by atoms with van der Waals surface area (Å²) in [5.41, 5.74) is 18.1. The van der Waals surface area contributed by atoms with Gasteiger partial charge in [0.1, 0.15) is 0 Å². The van der Waals surface area contributed by atoms with E-state index in [0.717, 1.165) is 104 Å². The van der Waals surface area contributed by atoms with Crippen LogP contribution in [0.2, 0.25) is 0 Å². The highest BCUT2D eigenvalue weighted by atomic mass is 15.2. The summed E-state index contributed by atoms with van der Waals surface area (Å²) in [4.78, 5) is 7.57. The summed E-state index contributed by atoms with van der Waals surface area (Å²) in [5.74, 6) is 0. The zero-order valence-corrected chi connectivity index (χ0v) is 22.0. The molecular formula is C24H58N8. The summed E-state index contributed by atoms with van der Waals surface area (Å²) in [7, 11) is 0. The van der Waals surface area contributed by atoms with Crippen molar-refractivity contribution in [1.29, 1.82) is 0 Å². The van der Waals surface area contributed by atoms with Crippen molar-refractivity contribution in [1.82, 2.24) is 25.3 Å². The molecule has 8 heteroatoms. The van der Waals surface area contributed by atoms with Gasteiger partial charge in [-0.2, -0.15) is 0 Å². The van der Waals surface area contributed by atoms with Crippen LogP contribution in [0.1, 0.15) is 53.4 Å². The van der Waals surface area contributed by atoms with E-state index in [9.17, 15) is 0 Å². The molecule has 0 amide bonds. The summed E-state index contributed by atoms with van der Waals surface area (Å²) < 4.78 is 0. The molecule has 0 bridgehead atoms. The lowest BCUT2D eigenvalue weighted by Crippen LogP contribution is -2.50. The van der Waals surface area contributed by atoms with Crippen LogP contribution in [0.25, 0.3) is 0 Å². The van der Waals surface area contributed by atoms with Crippen molar-refractivity contribution >= 4 is 0 Å². The Morgan fingerprint density at radius 1 is 0.562 bits per heavy atom. The molecule has 0 aromatic rings. The SMILES string of the molecule is CCCNCCN(CCN)CCN(CCNCC(N)(CC)CC)CCN(CCC)CCN. The third-order valence-electron chi connectivity index (χ3n) is 6.42. The van der Waals surface area contributed by atoms with Gasteiger partial charge < -0.3 is 32.7 Å². The average Bonchev–Trinajstić information content (AvgIpc) is 2.80. The predicted octanol–water partition coefficient (Wildman–Crippen LogP) is 0.327. The first-order chi connectivity index (χ1) is 15.5. The first-order valence-electron chi connectivity index (χ1n) is 13.3. The van der Waals surface area contributed by atoms with Crippen LogP contribution in [0, 0.1) is 0 Å². The molecule has 0 radical (unpaired) electrons. The van der Waals surface area contributed by atoms with Crippen molar-refractivity contribution in [3.05, 3.63) is 0 Å². The molecule has 32 heavy (non-hydrogen) atoms. The van der Waals surface area contributed by atoms with Crippen LogP contribution in [-0.4, -0.2) is 118 Å². The lowest BCUT2D eigenvalue weighted by Gasteiger charge is -2.31. The first kappa shape index (κ1) is 31.7. The van der Waals surface area contributed by atoms with Crippen molar-refractivity contribution in [3.8, 4) is 0 Å². The van der Waals surface area contributed by atoms with E-state index in [1.54, 1.807) is 0 Å². The minimum atomic E-state index is -0.0900. The van der Waals surface area contributed by atoms with E-state index in [1.807, 2.05) is 0 Å². The Labute approximate surface area is 200 Å². The van der Waals surface area contributed by atoms with E-state index < -0.39 is 0 Å². The Morgan fingerprint density at radius 2 is 1.03 bits per heavy atom. The molecular weight excluding hydrogens is 400 g/mol. The van der Waals surface area contributed by atoms with Gasteiger partial charge in [-0.1, -0.05) is 27.7 Å². The van der Waals surface area contributed by atoms with E-state index in [1.165, 1.54) is 12.8 Å². The van der Waals surface area contributed by atoms with E-state index >= 15 is 0 Å². The highest BCUT2D eigenvalue weighted by Gasteiger charge is 2.19. The third-order valence-corrected chi connectivity index (χ3v) is 6.42.